The predicted molar refractivity (Wildman–Crippen MR) is 184 cm³/mol. The van der Waals surface area contributed by atoms with E-state index >= 15 is 0 Å². The Morgan fingerprint density at radius 2 is 1.02 bits per heavy atom. The van der Waals surface area contributed by atoms with Crippen molar-refractivity contribution in [3.8, 4) is 11.5 Å². The zero-order valence-corrected chi connectivity index (χ0v) is 38.7. The summed E-state index contributed by atoms with van der Waals surface area (Å²) in [6, 6.07) is 8.42. The monoisotopic (exact) mass is 802 g/mol. The summed E-state index contributed by atoms with van der Waals surface area (Å²) < 4.78 is 0. The molecule has 13 nitrogen and oxygen atoms in total. The number of carboxylic acids is 2. The number of halogens is 2. The Morgan fingerprint density at radius 3 is 1.46 bits per heavy atom. The molecule has 0 bridgehead atoms. The van der Waals surface area contributed by atoms with Crippen molar-refractivity contribution in [1.29, 1.82) is 0 Å². The largest absolute Gasteiger partial charge is 1.00 e. The van der Waals surface area contributed by atoms with Crippen LogP contribution in [-0.4, -0.2) is 76.0 Å². The molecule has 2 amide bonds. The Labute approximate surface area is 383 Å². The number of amides is 2. The van der Waals surface area contributed by atoms with E-state index in [0.29, 0.717) is 36.0 Å². The second-order valence-electron chi connectivity index (χ2n) is 10.2. The minimum Gasteiger partial charge on any atom is -0.872 e. The van der Waals surface area contributed by atoms with Crippen LogP contribution in [0.3, 0.4) is 0 Å². The third-order valence-corrected chi connectivity index (χ3v) is 6.56. The van der Waals surface area contributed by atoms with E-state index in [1.54, 1.807) is 13.8 Å². The SMILES string of the molecule is CCO.CCO.O=C(O)CCCCCCCNC(=O)c1cc(Cl)ccc1O.O=C([O-])CCCCCCCNC(=O)c1cc(Cl)ccc1[O-].[Na+].[Na+].[Na+].[OH-]. The molecule has 0 fully saturated rings. The van der Waals surface area contributed by atoms with Gasteiger partial charge in [-0.05, 0) is 76.3 Å². The summed E-state index contributed by atoms with van der Waals surface area (Å²) >= 11 is 11.5. The van der Waals surface area contributed by atoms with Crippen molar-refractivity contribution in [2.75, 3.05) is 26.3 Å². The van der Waals surface area contributed by atoms with Crippen LogP contribution in [0.25, 0.3) is 0 Å². The number of benzene rings is 2. The Balaban J connectivity index is -0.000000165. The number of carbonyl (C=O) groups excluding carboxylic acids is 3. The first-order valence-corrected chi connectivity index (χ1v) is 16.7. The third kappa shape index (κ3) is 37.7. The summed E-state index contributed by atoms with van der Waals surface area (Å²) in [5, 5.41) is 61.1. The van der Waals surface area contributed by atoms with E-state index in [1.165, 1.54) is 36.4 Å². The summed E-state index contributed by atoms with van der Waals surface area (Å²) in [6.45, 7) is 4.86. The topological polar surface area (TPSA) is 249 Å². The minimum absolute atomic E-state index is 0. The van der Waals surface area contributed by atoms with Gasteiger partial charge in [-0.1, -0.05) is 73.5 Å². The average molecular weight is 804 g/mol. The van der Waals surface area contributed by atoms with Crippen LogP contribution in [0.4, 0.5) is 0 Å². The van der Waals surface area contributed by atoms with Crippen molar-refractivity contribution >= 4 is 47.0 Å². The molecule has 280 valence electrons. The summed E-state index contributed by atoms with van der Waals surface area (Å²) in [6.07, 6.45) is 8.63. The molecule has 2 aromatic carbocycles. The van der Waals surface area contributed by atoms with Gasteiger partial charge in [-0.2, -0.15) is 0 Å². The van der Waals surface area contributed by atoms with Crippen LogP contribution in [0.2, 0.25) is 10.0 Å². The maximum atomic E-state index is 11.8. The zero-order valence-electron chi connectivity index (χ0n) is 31.2. The van der Waals surface area contributed by atoms with E-state index in [-0.39, 0.29) is 149 Å². The van der Waals surface area contributed by atoms with Gasteiger partial charge >= 0.3 is 94.6 Å². The van der Waals surface area contributed by atoms with E-state index < -0.39 is 17.8 Å². The summed E-state index contributed by atoms with van der Waals surface area (Å²) in [5.41, 5.74) is 0.223. The van der Waals surface area contributed by atoms with Gasteiger partial charge in [0.1, 0.15) is 5.75 Å². The number of carboxylic acid groups (broad SMARTS) is 2. The maximum Gasteiger partial charge on any atom is 1.00 e. The predicted octanol–water partition coefficient (Wildman–Crippen LogP) is -4.73. The number of hydrogen-bond acceptors (Lipinski definition) is 10. The van der Waals surface area contributed by atoms with E-state index in [2.05, 4.69) is 10.6 Å². The van der Waals surface area contributed by atoms with Crippen LogP contribution in [0.1, 0.15) is 112 Å². The Hall–Kier alpha value is -0.620. The number of carbonyl (C=O) groups is 4. The fourth-order valence-corrected chi connectivity index (χ4v) is 4.16. The number of unbranched alkanes of at least 4 members (excludes halogenated alkanes) is 8. The first kappa shape index (κ1) is 63.3. The number of aliphatic hydroxyl groups is 2. The van der Waals surface area contributed by atoms with Crippen molar-refractivity contribution in [2.45, 2.75) is 90.9 Å². The molecule has 2 rings (SSSR count). The van der Waals surface area contributed by atoms with Gasteiger partial charge in [-0.15, -0.1) is 0 Å². The molecule has 0 spiro atoms. The summed E-state index contributed by atoms with van der Waals surface area (Å²) in [7, 11) is 0. The van der Waals surface area contributed by atoms with Crippen LogP contribution < -0.4 is 110 Å². The third-order valence-electron chi connectivity index (χ3n) is 6.09. The van der Waals surface area contributed by atoms with Crippen LogP contribution in [0.15, 0.2) is 36.4 Å². The smallest absolute Gasteiger partial charge is 0.872 e. The van der Waals surface area contributed by atoms with Gasteiger partial charge in [-0.3, -0.25) is 14.4 Å². The standard InChI is InChI=1S/2C15H20ClNO4.2C2H6O.3Na.H2O/c2*16-11-7-8-13(18)12(10-11)15(21)17-9-5-3-1-2-4-6-14(19)20;2*1-2-3;;;;/h2*7-8,10,18H,1-6,9H2,(H,17,21)(H,19,20);2*3H,2H2,1H3;;;;1H2/q;;;;3*+1;/p-3. The molecule has 0 saturated heterocycles. The number of aliphatic hydroxyl groups excluding tert-OH is 2. The molecule has 0 aliphatic rings. The first-order chi connectivity index (χ1) is 22.8. The molecule has 0 unspecified atom stereocenters. The van der Waals surface area contributed by atoms with E-state index in [1.807, 2.05) is 0 Å². The molecule has 0 heterocycles. The number of nitrogens with one attached hydrogen (secondary N) is 2. The molecule has 0 atom stereocenters. The van der Waals surface area contributed by atoms with Gasteiger partial charge in [-0.25, -0.2) is 0 Å². The quantitative estimate of drug-likeness (QED) is 0.0617. The van der Waals surface area contributed by atoms with E-state index in [0.717, 1.165) is 51.4 Å². The number of phenols is 1. The Bertz CT molecular complexity index is 1130. The van der Waals surface area contributed by atoms with Gasteiger partial charge in [0.05, 0.1) is 5.56 Å². The molecule has 7 N–H and O–H groups in total. The van der Waals surface area contributed by atoms with Crippen molar-refractivity contribution < 1.29 is 144 Å². The Morgan fingerprint density at radius 1 is 0.654 bits per heavy atom. The number of rotatable bonds is 18. The number of hydrogen-bond donors (Lipinski definition) is 6. The summed E-state index contributed by atoms with van der Waals surface area (Å²) in [5.74, 6) is -2.98. The van der Waals surface area contributed by atoms with Gasteiger partial charge in [0.2, 0.25) is 0 Å². The fraction of sp³-hybridized carbons (Fsp3) is 0.529. The van der Waals surface area contributed by atoms with Gasteiger partial charge in [0, 0.05) is 54.3 Å². The molecule has 0 saturated carbocycles. The molecule has 52 heavy (non-hydrogen) atoms. The minimum atomic E-state index is -1.02. The molecule has 0 aliphatic carbocycles. The van der Waals surface area contributed by atoms with Crippen molar-refractivity contribution in [1.82, 2.24) is 10.6 Å². The normalized spacial score (nSPS) is 9.04. The molecule has 0 aliphatic heterocycles. The maximum absolute atomic E-state index is 11.8. The fourth-order valence-electron chi connectivity index (χ4n) is 3.82. The molecular weight excluding hydrogens is 752 g/mol. The van der Waals surface area contributed by atoms with Crippen LogP contribution in [-0.2, 0) is 9.59 Å². The second-order valence-corrected chi connectivity index (χ2v) is 11.1. The van der Waals surface area contributed by atoms with Gasteiger partial charge < -0.3 is 51.5 Å². The van der Waals surface area contributed by atoms with Gasteiger partial charge in [0.15, 0.2) is 0 Å². The molecule has 2 aromatic rings. The zero-order chi connectivity index (χ0) is 36.7. The molecule has 0 aromatic heterocycles. The van der Waals surface area contributed by atoms with Gasteiger partial charge in [0.25, 0.3) is 11.8 Å². The number of aliphatic carboxylic acids is 2. The van der Waals surface area contributed by atoms with Crippen LogP contribution in [0.5, 0.6) is 11.5 Å². The van der Waals surface area contributed by atoms with E-state index in [4.69, 9.17) is 38.5 Å². The number of aromatic hydroxyl groups is 1. The van der Waals surface area contributed by atoms with Crippen molar-refractivity contribution in [2.24, 2.45) is 0 Å². The van der Waals surface area contributed by atoms with Crippen LogP contribution >= 0.6 is 23.2 Å². The van der Waals surface area contributed by atoms with Crippen molar-refractivity contribution in [3.05, 3.63) is 57.6 Å². The van der Waals surface area contributed by atoms with E-state index in [9.17, 15) is 34.5 Å². The second kappa shape index (κ2) is 43.1. The summed E-state index contributed by atoms with van der Waals surface area (Å²) in [4.78, 5) is 44.1. The number of phenolic OH excluding ortho intramolecular Hbond substituents is 1. The molecular formula is C34H51Cl2N2Na3O11. The average Bonchev–Trinajstić information content (AvgIpc) is 3.02. The Kier molecular flexibility index (Phi) is 52.5. The molecule has 0 radical (unpaired) electrons. The first-order valence-electron chi connectivity index (χ1n) is 16.0. The molecule has 18 heteroatoms. The van der Waals surface area contributed by atoms with Crippen LogP contribution in [0, 0.1) is 0 Å². The van der Waals surface area contributed by atoms with Crippen molar-refractivity contribution in [3.63, 3.8) is 0 Å².